The van der Waals surface area contributed by atoms with Gasteiger partial charge >= 0.3 is 105 Å². The summed E-state index contributed by atoms with van der Waals surface area (Å²) in [6.07, 6.45) is -2.23. The Balaban J connectivity index is -0.00000112. The molecule has 0 heterocycles. The first kappa shape index (κ1) is 23.6. The van der Waals surface area contributed by atoms with Crippen LogP contribution in [-0.2, 0) is 23.9 Å². The molecule has 0 aliphatic carbocycles. The SMILES string of the molecule is CC(=O)OC(CC(=O)O)(CC(=O)O)C(=O)O.[KH].[NaH]. The number of carboxylic acid groups (broad SMARTS) is 3. The van der Waals surface area contributed by atoms with Crippen LogP contribution < -0.4 is 0 Å². The molecule has 0 saturated heterocycles. The van der Waals surface area contributed by atoms with Crippen LogP contribution in [0, 0.1) is 0 Å². The van der Waals surface area contributed by atoms with Gasteiger partial charge in [0.1, 0.15) is 0 Å². The van der Waals surface area contributed by atoms with Crippen LogP contribution in [-0.4, -0.2) is 126 Å². The summed E-state index contributed by atoms with van der Waals surface area (Å²) >= 11 is 0. The standard InChI is InChI=1S/C8H10O8.K.Na.2H/c1-4(9)16-8(7(14)15,2-5(10)11)3-6(12)13;;;;/h2-3H2,1H3,(H,10,11)(H,12,13)(H,14,15);;;;. The molecule has 0 rings (SSSR count). The quantitative estimate of drug-likeness (QED) is 0.379. The molecule has 0 unspecified atom stereocenters. The van der Waals surface area contributed by atoms with E-state index in [0.29, 0.717) is 0 Å². The van der Waals surface area contributed by atoms with Gasteiger partial charge in [0.25, 0.3) is 0 Å². The van der Waals surface area contributed by atoms with E-state index in [-0.39, 0.29) is 80.9 Å². The van der Waals surface area contributed by atoms with E-state index < -0.39 is 42.3 Å². The zero-order chi connectivity index (χ0) is 12.9. The van der Waals surface area contributed by atoms with E-state index in [0.717, 1.165) is 6.92 Å². The van der Waals surface area contributed by atoms with Crippen molar-refractivity contribution < 1.29 is 39.2 Å². The molecule has 0 aromatic carbocycles. The Morgan fingerprint density at radius 2 is 1.33 bits per heavy atom. The molecule has 0 bridgehead atoms. The summed E-state index contributed by atoms with van der Waals surface area (Å²) in [5.41, 5.74) is -2.57. The summed E-state index contributed by atoms with van der Waals surface area (Å²) in [5, 5.41) is 25.7. The molecule has 8 nitrogen and oxygen atoms in total. The molecule has 0 amide bonds. The van der Waals surface area contributed by atoms with E-state index in [1.807, 2.05) is 0 Å². The first-order chi connectivity index (χ1) is 7.19. The number of hydrogen-bond donors (Lipinski definition) is 3. The Hall–Kier alpha value is 0.516. The van der Waals surface area contributed by atoms with Gasteiger partial charge in [-0.2, -0.15) is 0 Å². The first-order valence-corrected chi connectivity index (χ1v) is 4.06. The Morgan fingerprint density at radius 1 is 1.00 bits per heavy atom. The van der Waals surface area contributed by atoms with E-state index in [4.69, 9.17) is 15.3 Å². The van der Waals surface area contributed by atoms with Crippen LogP contribution in [0.1, 0.15) is 19.8 Å². The van der Waals surface area contributed by atoms with Crippen LogP contribution in [0.4, 0.5) is 0 Å². The summed E-state index contributed by atoms with van der Waals surface area (Å²) in [6.45, 7) is 0.862. The molecule has 3 N–H and O–H groups in total. The predicted molar refractivity (Wildman–Crippen MR) is 60.9 cm³/mol. The average Bonchev–Trinajstić information content (AvgIpc) is 1.98. The summed E-state index contributed by atoms with van der Waals surface area (Å²) in [6, 6.07) is 0. The monoisotopic (exact) mass is 298 g/mol. The number of aliphatic carboxylic acids is 3. The fourth-order valence-corrected chi connectivity index (χ4v) is 1.09. The topological polar surface area (TPSA) is 138 Å². The molecule has 10 heteroatoms. The fraction of sp³-hybridized carbons (Fsp3) is 0.500. The van der Waals surface area contributed by atoms with Crippen LogP contribution in [0.5, 0.6) is 0 Å². The number of hydrogen-bond acceptors (Lipinski definition) is 5. The molecular weight excluding hydrogens is 286 g/mol. The second kappa shape index (κ2) is 10.3. The number of rotatable bonds is 6. The van der Waals surface area contributed by atoms with Crippen molar-refractivity contribution in [2.75, 3.05) is 0 Å². The van der Waals surface area contributed by atoms with Crippen molar-refractivity contribution in [3.8, 4) is 0 Å². The van der Waals surface area contributed by atoms with E-state index >= 15 is 0 Å². The number of carbonyl (C=O) groups excluding carboxylic acids is 1. The van der Waals surface area contributed by atoms with Gasteiger partial charge in [-0.1, -0.05) is 0 Å². The summed E-state index contributed by atoms with van der Waals surface area (Å²) in [4.78, 5) is 42.3. The van der Waals surface area contributed by atoms with E-state index in [2.05, 4.69) is 4.74 Å². The Bertz CT molecular complexity index is 301. The third-order valence-corrected chi connectivity index (χ3v) is 1.60. The van der Waals surface area contributed by atoms with Crippen molar-refractivity contribution in [3.63, 3.8) is 0 Å². The van der Waals surface area contributed by atoms with Gasteiger partial charge in [0.05, 0.1) is 12.8 Å². The van der Waals surface area contributed by atoms with Crippen molar-refractivity contribution in [1.29, 1.82) is 0 Å². The number of carbonyl (C=O) groups is 4. The molecule has 0 saturated carbocycles. The number of esters is 1. The van der Waals surface area contributed by atoms with Gasteiger partial charge in [-0.15, -0.1) is 0 Å². The zero-order valence-corrected chi connectivity index (χ0v) is 8.30. The van der Waals surface area contributed by atoms with Crippen molar-refractivity contribution in [2.24, 2.45) is 0 Å². The molecule has 0 aromatic heterocycles. The second-order valence-electron chi connectivity index (χ2n) is 3.03. The van der Waals surface area contributed by atoms with Crippen molar-refractivity contribution in [3.05, 3.63) is 0 Å². The van der Waals surface area contributed by atoms with Crippen LogP contribution in [0.2, 0.25) is 0 Å². The predicted octanol–water partition coefficient (Wildman–Crippen LogP) is -1.97. The zero-order valence-electron chi connectivity index (χ0n) is 8.30. The Labute approximate surface area is 167 Å². The van der Waals surface area contributed by atoms with Crippen LogP contribution in [0.3, 0.4) is 0 Å². The minimum absolute atomic E-state index is 0. The summed E-state index contributed by atoms with van der Waals surface area (Å²) < 4.78 is 4.32. The Morgan fingerprint density at radius 3 is 1.50 bits per heavy atom. The summed E-state index contributed by atoms with van der Waals surface area (Å²) in [5.74, 6) is -6.03. The second-order valence-corrected chi connectivity index (χ2v) is 3.03. The molecule has 0 aliphatic rings. The van der Waals surface area contributed by atoms with Crippen LogP contribution in [0.15, 0.2) is 0 Å². The van der Waals surface area contributed by atoms with Crippen LogP contribution in [0.25, 0.3) is 0 Å². The van der Waals surface area contributed by atoms with E-state index in [9.17, 15) is 19.2 Å². The Kier molecular flexibility index (Phi) is 13.5. The molecule has 0 aliphatic heterocycles. The molecule has 0 radical (unpaired) electrons. The van der Waals surface area contributed by atoms with Crippen LogP contribution >= 0.6 is 0 Å². The third-order valence-electron chi connectivity index (χ3n) is 1.60. The molecule has 0 aromatic rings. The van der Waals surface area contributed by atoms with E-state index in [1.165, 1.54) is 0 Å². The van der Waals surface area contributed by atoms with Gasteiger partial charge in [-0.3, -0.25) is 14.4 Å². The van der Waals surface area contributed by atoms with Crippen molar-refractivity contribution in [2.45, 2.75) is 25.4 Å². The van der Waals surface area contributed by atoms with Crippen molar-refractivity contribution >= 4 is 105 Å². The first-order valence-electron chi connectivity index (χ1n) is 4.06. The normalized spacial score (nSPS) is 9.39. The van der Waals surface area contributed by atoms with Crippen molar-refractivity contribution in [1.82, 2.24) is 0 Å². The van der Waals surface area contributed by atoms with Gasteiger partial charge in [0.2, 0.25) is 5.60 Å². The minimum atomic E-state index is -2.57. The molecule has 0 spiro atoms. The molecule has 18 heavy (non-hydrogen) atoms. The number of carboxylic acids is 3. The maximum atomic E-state index is 10.8. The van der Waals surface area contributed by atoms with Gasteiger partial charge in [0.15, 0.2) is 0 Å². The summed E-state index contributed by atoms with van der Waals surface area (Å²) in [7, 11) is 0. The van der Waals surface area contributed by atoms with E-state index in [1.54, 1.807) is 0 Å². The van der Waals surface area contributed by atoms with Gasteiger partial charge in [-0.25, -0.2) is 4.79 Å². The maximum absolute atomic E-state index is 10.8. The molecule has 94 valence electrons. The molecule has 0 atom stereocenters. The third kappa shape index (κ3) is 8.59. The number of ether oxygens (including phenoxy) is 1. The average molecular weight is 298 g/mol. The van der Waals surface area contributed by atoms with Gasteiger partial charge in [0, 0.05) is 6.92 Å². The van der Waals surface area contributed by atoms with Gasteiger partial charge in [-0.05, 0) is 0 Å². The van der Waals surface area contributed by atoms with Gasteiger partial charge < -0.3 is 20.1 Å². The fourth-order valence-electron chi connectivity index (χ4n) is 1.09. The molecule has 0 fully saturated rings. The molecular formula is C8H12KNaO8.